The molecule has 0 radical (unpaired) electrons. The van der Waals surface area contributed by atoms with Crippen molar-refractivity contribution in [2.24, 2.45) is 4.99 Å². The summed E-state index contributed by atoms with van der Waals surface area (Å²) in [6.07, 6.45) is 2.08. The van der Waals surface area contributed by atoms with E-state index < -0.39 is 0 Å². The van der Waals surface area contributed by atoms with Crippen molar-refractivity contribution in [3.63, 3.8) is 0 Å². The molecule has 0 aliphatic rings. The van der Waals surface area contributed by atoms with Crippen LogP contribution in [0, 0.1) is 0 Å². The molecule has 0 unspecified atom stereocenters. The number of thioether (sulfide) groups is 1. The van der Waals surface area contributed by atoms with Gasteiger partial charge in [-0.2, -0.15) is 11.8 Å². The summed E-state index contributed by atoms with van der Waals surface area (Å²) in [7, 11) is 1.70. The summed E-state index contributed by atoms with van der Waals surface area (Å²) in [5.41, 5.74) is -0.212. The van der Waals surface area contributed by atoms with Crippen LogP contribution in [0.15, 0.2) is 4.99 Å². The van der Waals surface area contributed by atoms with E-state index in [0.717, 1.165) is 6.54 Å². The van der Waals surface area contributed by atoms with Crippen molar-refractivity contribution in [3.05, 3.63) is 0 Å². The van der Waals surface area contributed by atoms with Crippen molar-refractivity contribution in [2.45, 2.75) is 44.9 Å². The van der Waals surface area contributed by atoms with Crippen molar-refractivity contribution in [1.82, 2.24) is 16.0 Å². The Morgan fingerprint density at radius 2 is 1.74 bits per heavy atom. The van der Waals surface area contributed by atoms with Crippen LogP contribution in [0.4, 0.5) is 0 Å². The van der Waals surface area contributed by atoms with Crippen molar-refractivity contribution in [2.75, 3.05) is 26.4 Å². The van der Waals surface area contributed by atoms with Crippen LogP contribution in [-0.4, -0.2) is 48.5 Å². The number of nitrogens with one attached hydrogen (secondary N) is 3. The second kappa shape index (κ2) is 7.62. The van der Waals surface area contributed by atoms with Gasteiger partial charge in [0.15, 0.2) is 5.96 Å². The zero-order chi connectivity index (χ0) is 15.1. The first-order valence-corrected chi connectivity index (χ1v) is 7.63. The minimum absolute atomic E-state index is 0.0421. The first-order valence-electron chi connectivity index (χ1n) is 6.40. The molecular weight excluding hydrogens is 260 g/mol. The third kappa shape index (κ3) is 9.64. The van der Waals surface area contributed by atoms with Crippen LogP contribution in [-0.2, 0) is 4.79 Å². The number of carbonyl (C=O) groups excluding carboxylic acids is 1. The second-order valence-electron chi connectivity index (χ2n) is 6.04. The summed E-state index contributed by atoms with van der Waals surface area (Å²) in [4.78, 5) is 15.8. The number of hydrogen-bond acceptors (Lipinski definition) is 3. The summed E-state index contributed by atoms with van der Waals surface area (Å²) < 4.78 is 0.130. The van der Waals surface area contributed by atoms with Crippen LogP contribution < -0.4 is 16.0 Å². The molecule has 0 rings (SSSR count). The van der Waals surface area contributed by atoms with Crippen LogP contribution in [0.2, 0.25) is 0 Å². The molecule has 6 heteroatoms. The lowest BCUT2D eigenvalue weighted by Gasteiger charge is -2.24. The van der Waals surface area contributed by atoms with E-state index in [9.17, 15) is 4.79 Å². The molecule has 0 bridgehead atoms. The number of nitrogens with zero attached hydrogens (tertiary/aromatic N) is 1. The van der Waals surface area contributed by atoms with Gasteiger partial charge in [0, 0.05) is 23.9 Å². The largest absolute Gasteiger partial charge is 0.355 e. The average Bonchev–Trinajstić information content (AvgIpc) is 2.27. The standard InChI is InChI=1S/C13H28N4OS/c1-12(2,3)17-10(18)8-15-11(14-6)16-9-13(4,5)19-7/h8-9H2,1-7H3,(H,17,18)(H2,14,15,16). The lowest BCUT2D eigenvalue weighted by Crippen LogP contribution is -2.49. The van der Waals surface area contributed by atoms with Crippen LogP contribution in [0.5, 0.6) is 0 Å². The van der Waals surface area contributed by atoms with Gasteiger partial charge in [0.1, 0.15) is 0 Å². The van der Waals surface area contributed by atoms with E-state index in [2.05, 4.69) is 41.0 Å². The van der Waals surface area contributed by atoms with Crippen molar-refractivity contribution >= 4 is 23.6 Å². The van der Waals surface area contributed by atoms with E-state index in [4.69, 9.17) is 0 Å². The van der Waals surface area contributed by atoms with Crippen LogP contribution in [0.1, 0.15) is 34.6 Å². The smallest absolute Gasteiger partial charge is 0.239 e. The highest BCUT2D eigenvalue weighted by molar-refractivity contribution is 7.99. The van der Waals surface area contributed by atoms with E-state index in [1.54, 1.807) is 18.8 Å². The minimum atomic E-state index is -0.212. The second-order valence-corrected chi connectivity index (χ2v) is 7.55. The Morgan fingerprint density at radius 3 is 2.16 bits per heavy atom. The molecule has 0 aliphatic heterocycles. The number of hydrogen-bond donors (Lipinski definition) is 3. The van der Waals surface area contributed by atoms with Gasteiger partial charge in [-0.3, -0.25) is 9.79 Å². The molecule has 0 heterocycles. The molecule has 0 aromatic rings. The van der Waals surface area contributed by atoms with Gasteiger partial charge in [-0.25, -0.2) is 0 Å². The zero-order valence-corrected chi connectivity index (χ0v) is 14.0. The number of amides is 1. The van der Waals surface area contributed by atoms with Gasteiger partial charge in [0.25, 0.3) is 0 Å². The zero-order valence-electron chi connectivity index (χ0n) is 13.2. The maximum absolute atomic E-state index is 11.7. The van der Waals surface area contributed by atoms with Crippen molar-refractivity contribution in [1.29, 1.82) is 0 Å². The van der Waals surface area contributed by atoms with E-state index in [1.807, 2.05) is 20.8 Å². The van der Waals surface area contributed by atoms with Crippen LogP contribution in [0.3, 0.4) is 0 Å². The Bertz CT molecular complexity index is 321. The predicted molar refractivity (Wildman–Crippen MR) is 84.9 cm³/mol. The first-order chi connectivity index (χ1) is 8.59. The number of aliphatic imine (C=N–C) groups is 1. The summed E-state index contributed by atoms with van der Waals surface area (Å²) in [5.74, 6) is 0.603. The first kappa shape index (κ1) is 18.1. The van der Waals surface area contributed by atoms with Crippen molar-refractivity contribution in [3.8, 4) is 0 Å². The fourth-order valence-corrected chi connectivity index (χ4v) is 1.43. The monoisotopic (exact) mass is 288 g/mol. The highest BCUT2D eigenvalue weighted by Crippen LogP contribution is 2.19. The summed E-state index contributed by atoms with van der Waals surface area (Å²) in [6, 6.07) is 0. The lowest BCUT2D eigenvalue weighted by atomic mass is 10.1. The molecule has 0 aromatic heterocycles. The Hall–Kier alpha value is -0.910. The minimum Gasteiger partial charge on any atom is -0.355 e. The number of carbonyl (C=O) groups is 1. The lowest BCUT2D eigenvalue weighted by molar-refractivity contribution is -0.121. The molecule has 0 aromatic carbocycles. The van der Waals surface area contributed by atoms with Gasteiger partial charge in [-0.1, -0.05) is 0 Å². The molecule has 0 atom stereocenters. The normalized spacial score (nSPS) is 13.1. The third-order valence-electron chi connectivity index (χ3n) is 2.39. The highest BCUT2D eigenvalue weighted by atomic mass is 32.2. The molecule has 0 aliphatic carbocycles. The van der Waals surface area contributed by atoms with E-state index in [-0.39, 0.29) is 22.7 Å². The maximum atomic E-state index is 11.7. The molecule has 19 heavy (non-hydrogen) atoms. The maximum Gasteiger partial charge on any atom is 0.239 e. The Balaban J connectivity index is 4.13. The Kier molecular flexibility index (Phi) is 7.26. The van der Waals surface area contributed by atoms with E-state index >= 15 is 0 Å². The summed E-state index contributed by atoms with van der Waals surface area (Å²) in [5, 5.41) is 9.12. The number of rotatable bonds is 5. The molecule has 0 fully saturated rings. The molecule has 3 N–H and O–H groups in total. The quantitative estimate of drug-likeness (QED) is 0.525. The third-order valence-corrected chi connectivity index (χ3v) is 3.64. The fraction of sp³-hybridized carbons (Fsp3) is 0.846. The van der Waals surface area contributed by atoms with Gasteiger partial charge in [0.05, 0.1) is 6.54 Å². The van der Waals surface area contributed by atoms with Gasteiger partial charge >= 0.3 is 0 Å². The van der Waals surface area contributed by atoms with E-state index in [0.29, 0.717) is 5.96 Å². The predicted octanol–water partition coefficient (Wildman–Crippen LogP) is 1.21. The van der Waals surface area contributed by atoms with Gasteiger partial charge in [-0.05, 0) is 40.9 Å². The fourth-order valence-electron chi connectivity index (χ4n) is 1.22. The molecule has 0 saturated heterocycles. The molecule has 5 nitrogen and oxygen atoms in total. The highest BCUT2D eigenvalue weighted by Gasteiger charge is 2.17. The Morgan fingerprint density at radius 1 is 1.16 bits per heavy atom. The van der Waals surface area contributed by atoms with Gasteiger partial charge in [-0.15, -0.1) is 0 Å². The topological polar surface area (TPSA) is 65.5 Å². The van der Waals surface area contributed by atoms with Gasteiger partial charge < -0.3 is 16.0 Å². The SMILES string of the molecule is CN=C(NCC(=O)NC(C)(C)C)NCC(C)(C)SC. The molecular formula is C13H28N4OS. The summed E-state index contributed by atoms with van der Waals surface area (Å²) in [6.45, 7) is 11.2. The van der Waals surface area contributed by atoms with Gasteiger partial charge in [0.2, 0.25) is 5.91 Å². The van der Waals surface area contributed by atoms with E-state index in [1.165, 1.54) is 0 Å². The molecule has 112 valence electrons. The molecule has 0 spiro atoms. The Labute approximate surface area is 121 Å². The van der Waals surface area contributed by atoms with Crippen LogP contribution >= 0.6 is 11.8 Å². The number of guanidine groups is 1. The van der Waals surface area contributed by atoms with Crippen molar-refractivity contribution < 1.29 is 4.79 Å². The average molecular weight is 288 g/mol. The summed E-state index contributed by atoms with van der Waals surface area (Å²) >= 11 is 1.79. The molecule has 1 amide bonds. The van der Waals surface area contributed by atoms with Crippen LogP contribution in [0.25, 0.3) is 0 Å². The molecule has 0 saturated carbocycles.